The number of carbonyl (C=O) groups excluding carboxylic acids is 2. The normalized spacial score (nSPS) is 9.78. The van der Waals surface area contributed by atoms with Crippen molar-refractivity contribution in [1.82, 2.24) is 0 Å². The lowest BCUT2D eigenvalue weighted by molar-refractivity contribution is -0.125. The molecule has 0 saturated carbocycles. The van der Waals surface area contributed by atoms with Crippen molar-refractivity contribution in [2.45, 2.75) is 13.3 Å². The summed E-state index contributed by atoms with van der Waals surface area (Å²) in [5, 5.41) is 0. The summed E-state index contributed by atoms with van der Waals surface area (Å²) in [7, 11) is 4.69. The van der Waals surface area contributed by atoms with E-state index in [0.29, 0.717) is 17.2 Å². The van der Waals surface area contributed by atoms with Gasteiger partial charge < -0.3 is 14.4 Å². The zero-order valence-corrected chi connectivity index (χ0v) is 11.0. The second kappa shape index (κ2) is 6.05. The van der Waals surface area contributed by atoms with E-state index in [1.807, 2.05) is 0 Å². The Morgan fingerprint density at radius 2 is 1.78 bits per heavy atom. The summed E-state index contributed by atoms with van der Waals surface area (Å²) in [6.07, 6.45) is -0.106. The standard InChI is InChI=1S/C13H17NO4/c1-9(15)7-13(16)14(2)10-5-6-11(17-3)12(8-10)18-4/h5-6,8H,7H2,1-4H3. The second-order valence-electron chi connectivity index (χ2n) is 3.87. The third-order valence-electron chi connectivity index (χ3n) is 2.53. The second-order valence-corrected chi connectivity index (χ2v) is 3.87. The van der Waals surface area contributed by atoms with Crippen molar-refractivity contribution in [3.63, 3.8) is 0 Å². The summed E-state index contributed by atoms with van der Waals surface area (Å²) >= 11 is 0. The number of methoxy groups -OCH3 is 2. The Balaban J connectivity index is 2.96. The molecule has 0 heterocycles. The first-order valence-electron chi connectivity index (χ1n) is 5.47. The average molecular weight is 251 g/mol. The van der Waals surface area contributed by atoms with Gasteiger partial charge in [-0.2, -0.15) is 0 Å². The first-order chi connectivity index (χ1) is 8.49. The highest BCUT2D eigenvalue weighted by molar-refractivity contribution is 6.04. The molecule has 98 valence electrons. The van der Waals surface area contributed by atoms with Crippen molar-refractivity contribution in [3.05, 3.63) is 18.2 Å². The molecule has 1 aromatic rings. The van der Waals surface area contributed by atoms with Gasteiger partial charge in [0.05, 0.1) is 20.6 Å². The van der Waals surface area contributed by atoms with Crippen molar-refractivity contribution in [2.24, 2.45) is 0 Å². The molecule has 1 amide bonds. The zero-order chi connectivity index (χ0) is 13.7. The minimum Gasteiger partial charge on any atom is -0.493 e. The number of ether oxygens (including phenoxy) is 2. The van der Waals surface area contributed by atoms with E-state index < -0.39 is 0 Å². The highest BCUT2D eigenvalue weighted by Crippen LogP contribution is 2.31. The lowest BCUT2D eigenvalue weighted by Crippen LogP contribution is -2.27. The number of hydrogen-bond donors (Lipinski definition) is 0. The molecule has 0 aromatic heterocycles. The molecule has 1 aromatic carbocycles. The van der Waals surface area contributed by atoms with Crippen molar-refractivity contribution in [2.75, 3.05) is 26.2 Å². The summed E-state index contributed by atoms with van der Waals surface area (Å²) in [4.78, 5) is 24.1. The number of hydrogen-bond acceptors (Lipinski definition) is 4. The number of rotatable bonds is 5. The topological polar surface area (TPSA) is 55.8 Å². The fraction of sp³-hybridized carbons (Fsp3) is 0.385. The van der Waals surface area contributed by atoms with Crippen LogP contribution in [0.3, 0.4) is 0 Å². The number of carbonyl (C=O) groups is 2. The van der Waals surface area contributed by atoms with Gasteiger partial charge in [0.15, 0.2) is 11.5 Å². The minimum absolute atomic E-state index is 0.106. The molecule has 0 bridgehead atoms. The van der Waals surface area contributed by atoms with E-state index in [1.54, 1.807) is 32.4 Å². The van der Waals surface area contributed by atoms with Crippen LogP contribution in [-0.4, -0.2) is 33.0 Å². The van der Waals surface area contributed by atoms with Gasteiger partial charge in [0.25, 0.3) is 0 Å². The summed E-state index contributed by atoms with van der Waals surface area (Å²) in [5.41, 5.74) is 0.652. The van der Waals surface area contributed by atoms with Crippen LogP contribution >= 0.6 is 0 Å². The van der Waals surface area contributed by atoms with Crippen molar-refractivity contribution in [3.8, 4) is 11.5 Å². The van der Waals surface area contributed by atoms with Crippen LogP contribution < -0.4 is 14.4 Å². The Morgan fingerprint density at radius 1 is 1.17 bits per heavy atom. The molecular weight excluding hydrogens is 234 g/mol. The van der Waals surface area contributed by atoms with Gasteiger partial charge in [-0.1, -0.05) is 0 Å². The summed E-state index contributed by atoms with van der Waals surface area (Å²) in [5.74, 6) is 0.716. The van der Waals surface area contributed by atoms with Crippen LogP contribution in [0.1, 0.15) is 13.3 Å². The number of anilines is 1. The molecule has 0 spiro atoms. The van der Waals surface area contributed by atoms with Gasteiger partial charge in [0, 0.05) is 18.8 Å². The molecule has 5 nitrogen and oxygen atoms in total. The van der Waals surface area contributed by atoms with Gasteiger partial charge in [0.2, 0.25) is 5.91 Å². The SMILES string of the molecule is COc1ccc(N(C)C(=O)CC(C)=O)cc1OC. The maximum absolute atomic E-state index is 11.7. The van der Waals surface area contributed by atoms with Crippen molar-refractivity contribution < 1.29 is 19.1 Å². The van der Waals surface area contributed by atoms with Crippen LogP contribution in [0.5, 0.6) is 11.5 Å². The van der Waals surface area contributed by atoms with Crippen LogP contribution in [0.15, 0.2) is 18.2 Å². The smallest absolute Gasteiger partial charge is 0.234 e. The molecule has 0 aliphatic carbocycles. The summed E-state index contributed by atoms with van der Waals surface area (Å²) in [6.45, 7) is 1.39. The third kappa shape index (κ3) is 3.23. The van der Waals surface area contributed by atoms with Gasteiger partial charge in [-0.3, -0.25) is 9.59 Å². The maximum atomic E-state index is 11.7. The third-order valence-corrected chi connectivity index (χ3v) is 2.53. The Hall–Kier alpha value is -2.04. The summed E-state index contributed by atoms with van der Waals surface area (Å²) in [6, 6.07) is 5.14. The van der Waals surface area contributed by atoms with E-state index in [1.165, 1.54) is 18.9 Å². The predicted octanol–water partition coefficient (Wildman–Crippen LogP) is 1.65. The van der Waals surface area contributed by atoms with Crippen LogP contribution in [0, 0.1) is 0 Å². The first-order valence-corrected chi connectivity index (χ1v) is 5.47. The molecule has 0 saturated heterocycles. The predicted molar refractivity (Wildman–Crippen MR) is 68.3 cm³/mol. The monoisotopic (exact) mass is 251 g/mol. The number of Topliss-reactive ketones (excluding diaryl/α,β-unsaturated/α-hetero) is 1. The number of nitrogens with zero attached hydrogens (tertiary/aromatic N) is 1. The molecule has 1 rings (SSSR count). The lowest BCUT2D eigenvalue weighted by atomic mass is 10.2. The molecular formula is C13H17NO4. The average Bonchev–Trinajstić information content (AvgIpc) is 2.36. The van der Waals surface area contributed by atoms with E-state index in [9.17, 15) is 9.59 Å². The maximum Gasteiger partial charge on any atom is 0.234 e. The quantitative estimate of drug-likeness (QED) is 0.747. The highest BCUT2D eigenvalue weighted by Gasteiger charge is 2.15. The molecule has 0 aliphatic heterocycles. The van der Waals surface area contributed by atoms with E-state index in [0.717, 1.165) is 0 Å². The summed E-state index contributed by atoms with van der Waals surface area (Å²) < 4.78 is 10.3. The Bertz CT molecular complexity index is 456. The molecule has 0 atom stereocenters. The van der Waals surface area contributed by atoms with E-state index in [2.05, 4.69) is 0 Å². The molecule has 0 unspecified atom stereocenters. The van der Waals surface area contributed by atoms with Crippen molar-refractivity contribution >= 4 is 17.4 Å². The number of ketones is 1. The van der Waals surface area contributed by atoms with Crippen LogP contribution in [0.25, 0.3) is 0 Å². The first kappa shape index (κ1) is 14.0. The number of benzene rings is 1. The zero-order valence-electron chi connectivity index (χ0n) is 11.0. The molecule has 0 aliphatic rings. The molecule has 0 N–H and O–H groups in total. The van der Waals surface area contributed by atoms with E-state index in [-0.39, 0.29) is 18.1 Å². The molecule has 0 radical (unpaired) electrons. The van der Waals surface area contributed by atoms with Crippen molar-refractivity contribution in [1.29, 1.82) is 0 Å². The molecule has 18 heavy (non-hydrogen) atoms. The van der Waals surface area contributed by atoms with Crippen LogP contribution in [0.4, 0.5) is 5.69 Å². The molecule has 5 heteroatoms. The number of amides is 1. The Morgan fingerprint density at radius 3 is 2.28 bits per heavy atom. The highest BCUT2D eigenvalue weighted by atomic mass is 16.5. The van der Waals surface area contributed by atoms with E-state index in [4.69, 9.17) is 9.47 Å². The van der Waals surface area contributed by atoms with Crippen LogP contribution in [0.2, 0.25) is 0 Å². The largest absolute Gasteiger partial charge is 0.493 e. The van der Waals surface area contributed by atoms with Crippen LogP contribution in [-0.2, 0) is 9.59 Å². The van der Waals surface area contributed by atoms with Gasteiger partial charge >= 0.3 is 0 Å². The van der Waals surface area contributed by atoms with E-state index >= 15 is 0 Å². The van der Waals surface area contributed by atoms with Gasteiger partial charge in [-0.15, -0.1) is 0 Å². The Labute approximate surface area is 106 Å². The lowest BCUT2D eigenvalue weighted by Gasteiger charge is -2.18. The Kier molecular flexibility index (Phi) is 4.71. The fourth-order valence-corrected chi connectivity index (χ4v) is 1.51. The molecule has 0 fully saturated rings. The van der Waals surface area contributed by atoms with Gasteiger partial charge in [-0.25, -0.2) is 0 Å². The minimum atomic E-state index is -0.255. The fourth-order valence-electron chi connectivity index (χ4n) is 1.51. The van der Waals surface area contributed by atoms with Gasteiger partial charge in [-0.05, 0) is 19.1 Å². The van der Waals surface area contributed by atoms with Gasteiger partial charge in [0.1, 0.15) is 5.78 Å².